The maximum Gasteiger partial charge on any atom is 0.407 e. The molecular weight excluding hydrogens is 422 g/mol. The Morgan fingerprint density at radius 2 is 1.94 bits per heavy atom. The van der Waals surface area contributed by atoms with Crippen LogP contribution in [0.5, 0.6) is 0 Å². The van der Waals surface area contributed by atoms with Crippen LogP contribution in [0.4, 0.5) is 4.79 Å². The molecule has 0 fully saturated rings. The highest BCUT2D eigenvalue weighted by Gasteiger charge is 2.24. The maximum atomic E-state index is 12.7. The molecule has 3 aromatic rings. The molecule has 0 radical (unpaired) electrons. The number of H-pyrrole nitrogens is 1. The predicted molar refractivity (Wildman–Crippen MR) is 123 cm³/mol. The Bertz CT molecular complexity index is 1160. The molecule has 2 N–H and O–H groups in total. The van der Waals surface area contributed by atoms with Gasteiger partial charge in [0.2, 0.25) is 5.91 Å². The standard InChI is InChI=1S/C25H27N3O5/c1-32-24(30)18-9-10-21-19(14-18)20-15-28(13-11-22(20)27-21)23(29)8-5-12-26-25(31)33-16-17-6-3-2-4-7-17/h2-4,6-7,9-10,14,27H,5,8,11-13,15-16H2,1H3,(H,26,31). The van der Waals surface area contributed by atoms with Crippen molar-refractivity contribution >= 4 is 28.9 Å². The average Bonchev–Trinajstić information content (AvgIpc) is 3.22. The van der Waals surface area contributed by atoms with E-state index in [-0.39, 0.29) is 18.5 Å². The molecule has 1 aromatic heterocycles. The third-order valence-electron chi connectivity index (χ3n) is 5.80. The van der Waals surface area contributed by atoms with Gasteiger partial charge in [-0.25, -0.2) is 9.59 Å². The third kappa shape index (κ3) is 5.34. The highest BCUT2D eigenvalue weighted by atomic mass is 16.5. The molecule has 2 amide bonds. The van der Waals surface area contributed by atoms with Gasteiger partial charge in [0.15, 0.2) is 0 Å². The Kier molecular flexibility index (Phi) is 6.92. The van der Waals surface area contributed by atoms with E-state index in [4.69, 9.17) is 9.47 Å². The molecule has 1 aliphatic heterocycles. The molecule has 0 aliphatic carbocycles. The van der Waals surface area contributed by atoms with E-state index in [1.54, 1.807) is 6.07 Å². The summed E-state index contributed by atoms with van der Waals surface area (Å²) < 4.78 is 10.00. The van der Waals surface area contributed by atoms with Crippen LogP contribution in [0.15, 0.2) is 48.5 Å². The number of aromatic nitrogens is 1. The molecule has 0 bridgehead atoms. The van der Waals surface area contributed by atoms with Crippen LogP contribution in [0.1, 0.15) is 40.0 Å². The van der Waals surface area contributed by atoms with Gasteiger partial charge in [0.25, 0.3) is 0 Å². The Morgan fingerprint density at radius 3 is 2.73 bits per heavy atom. The Labute approximate surface area is 191 Å². The van der Waals surface area contributed by atoms with E-state index in [1.165, 1.54) is 7.11 Å². The lowest BCUT2D eigenvalue weighted by Gasteiger charge is -2.27. The van der Waals surface area contributed by atoms with Crippen molar-refractivity contribution in [1.82, 2.24) is 15.2 Å². The summed E-state index contributed by atoms with van der Waals surface area (Å²) in [4.78, 5) is 41.7. The van der Waals surface area contributed by atoms with E-state index < -0.39 is 6.09 Å². The second kappa shape index (κ2) is 10.2. The fraction of sp³-hybridized carbons (Fsp3) is 0.320. The van der Waals surface area contributed by atoms with Gasteiger partial charge < -0.3 is 24.7 Å². The number of nitrogens with one attached hydrogen (secondary N) is 2. The smallest absolute Gasteiger partial charge is 0.407 e. The van der Waals surface area contributed by atoms with Crippen molar-refractivity contribution in [2.45, 2.75) is 32.4 Å². The number of nitrogens with zero attached hydrogens (tertiary/aromatic N) is 1. The van der Waals surface area contributed by atoms with E-state index in [0.29, 0.717) is 38.0 Å². The van der Waals surface area contributed by atoms with Crippen molar-refractivity contribution in [3.05, 3.63) is 70.9 Å². The minimum atomic E-state index is -0.492. The second-order valence-corrected chi connectivity index (χ2v) is 7.99. The first kappa shape index (κ1) is 22.4. The molecule has 172 valence electrons. The van der Waals surface area contributed by atoms with E-state index in [0.717, 1.165) is 34.1 Å². The lowest BCUT2D eigenvalue weighted by atomic mass is 10.0. The average molecular weight is 450 g/mol. The maximum absolute atomic E-state index is 12.7. The van der Waals surface area contributed by atoms with Crippen LogP contribution < -0.4 is 5.32 Å². The van der Waals surface area contributed by atoms with Gasteiger partial charge in [-0.2, -0.15) is 0 Å². The summed E-state index contributed by atoms with van der Waals surface area (Å²) in [6.45, 7) is 1.71. The second-order valence-electron chi connectivity index (χ2n) is 7.99. The van der Waals surface area contributed by atoms with Crippen LogP contribution in [-0.4, -0.2) is 48.1 Å². The summed E-state index contributed by atoms with van der Waals surface area (Å²) in [6.07, 6.45) is 1.11. The number of benzene rings is 2. The quantitative estimate of drug-likeness (QED) is 0.424. The zero-order valence-electron chi connectivity index (χ0n) is 18.6. The number of aromatic amines is 1. The zero-order chi connectivity index (χ0) is 23.2. The third-order valence-corrected chi connectivity index (χ3v) is 5.80. The van der Waals surface area contributed by atoms with Crippen molar-refractivity contribution < 1.29 is 23.9 Å². The van der Waals surface area contributed by atoms with E-state index in [9.17, 15) is 14.4 Å². The first-order valence-corrected chi connectivity index (χ1v) is 11.0. The minimum absolute atomic E-state index is 0.0403. The molecule has 0 atom stereocenters. The van der Waals surface area contributed by atoms with Crippen LogP contribution >= 0.6 is 0 Å². The highest BCUT2D eigenvalue weighted by molar-refractivity contribution is 5.96. The first-order valence-electron chi connectivity index (χ1n) is 11.0. The number of carbonyl (C=O) groups excluding carboxylic acids is 3. The Morgan fingerprint density at radius 1 is 1.12 bits per heavy atom. The molecule has 4 rings (SSSR count). The van der Waals surface area contributed by atoms with Crippen molar-refractivity contribution in [2.24, 2.45) is 0 Å². The number of hydrogen-bond donors (Lipinski definition) is 2. The van der Waals surface area contributed by atoms with Gasteiger partial charge in [0, 0.05) is 54.6 Å². The van der Waals surface area contributed by atoms with Gasteiger partial charge in [-0.15, -0.1) is 0 Å². The van der Waals surface area contributed by atoms with Crippen molar-refractivity contribution in [2.75, 3.05) is 20.2 Å². The van der Waals surface area contributed by atoms with Crippen LogP contribution in [0.3, 0.4) is 0 Å². The summed E-state index contributed by atoms with van der Waals surface area (Å²) in [5.74, 6) is -0.344. The van der Waals surface area contributed by atoms with E-state index in [1.807, 2.05) is 47.4 Å². The fourth-order valence-electron chi connectivity index (χ4n) is 4.03. The molecule has 2 heterocycles. The number of amides is 2. The molecule has 0 unspecified atom stereocenters. The molecular formula is C25H27N3O5. The highest BCUT2D eigenvalue weighted by Crippen LogP contribution is 2.29. The van der Waals surface area contributed by atoms with Gasteiger partial charge >= 0.3 is 12.1 Å². The Hall–Kier alpha value is -3.81. The number of carbonyl (C=O) groups is 3. The summed E-state index contributed by atoms with van der Waals surface area (Å²) in [7, 11) is 1.36. The van der Waals surface area contributed by atoms with Gasteiger partial charge in [-0.05, 0) is 30.2 Å². The number of esters is 1. The van der Waals surface area contributed by atoms with Crippen molar-refractivity contribution in [1.29, 1.82) is 0 Å². The summed E-state index contributed by atoms with van der Waals surface area (Å²) in [5.41, 5.74) is 4.49. The van der Waals surface area contributed by atoms with Crippen LogP contribution in [0.2, 0.25) is 0 Å². The lowest BCUT2D eigenvalue weighted by Crippen LogP contribution is -2.36. The first-order chi connectivity index (χ1) is 16.0. The van der Waals surface area contributed by atoms with Gasteiger partial charge in [-0.3, -0.25) is 4.79 Å². The van der Waals surface area contributed by atoms with E-state index in [2.05, 4.69) is 10.3 Å². The molecule has 0 saturated carbocycles. The summed E-state index contributed by atoms with van der Waals surface area (Å²) in [6, 6.07) is 14.9. The lowest BCUT2D eigenvalue weighted by molar-refractivity contribution is -0.132. The largest absolute Gasteiger partial charge is 0.465 e. The van der Waals surface area contributed by atoms with Crippen molar-refractivity contribution in [3.8, 4) is 0 Å². The normalized spacial score (nSPS) is 12.8. The molecule has 33 heavy (non-hydrogen) atoms. The van der Waals surface area contributed by atoms with Crippen LogP contribution in [0.25, 0.3) is 10.9 Å². The van der Waals surface area contributed by atoms with Gasteiger partial charge in [0.05, 0.1) is 12.7 Å². The number of hydrogen-bond acceptors (Lipinski definition) is 5. The number of rotatable bonds is 7. The molecule has 8 heteroatoms. The molecule has 1 aliphatic rings. The molecule has 0 spiro atoms. The zero-order valence-corrected chi connectivity index (χ0v) is 18.6. The SMILES string of the molecule is COC(=O)c1ccc2[nH]c3c(c2c1)CN(C(=O)CCCNC(=O)OCc1ccccc1)CC3. The number of ether oxygens (including phenoxy) is 2. The Balaban J connectivity index is 1.26. The number of fused-ring (bicyclic) bond motifs is 3. The topological polar surface area (TPSA) is 101 Å². The van der Waals surface area contributed by atoms with Crippen molar-refractivity contribution in [3.63, 3.8) is 0 Å². The monoisotopic (exact) mass is 449 g/mol. The molecule has 0 saturated heterocycles. The number of methoxy groups -OCH3 is 1. The van der Waals surface area contributed by atoms with Crippen LogP contribution in [-0.2, 0) is 33.8 Å². The van der Waals surface area contributed by atoms with Crippen LogP contribution in [0, 0.1) is 0 Å². The summed E-state index contributed by atoms with van der Waals surface area (Å²) >= 11 is 0. The number of alkyl carbamates (subject to hydrolysis) is 1. The minimum Gasteiger partial charge on any atom is -0.465 e. The van der Waals surface area contributed by atoms with Gasteiger partial charge in [0.1, 0.15) is 6.61 Å². The van der Waals surface area contributed by atoms with Gasteiger partial charge in [-0.1, -0.05) is 30.3 Å². The summed E-state index contributed by atoms with van der Waals surface area (Å²) in [5, 5.41) is 3.63. The fourth-order valence-corrected chi connectivity index (χ4v) is 4.03. The predicted octanol–water partition coefficient (Wildman–Crippen LogP) is 3.55. The van der Waals surface area contributed by atoms with E-state index >= 15 is 0 Å². The molecule has 2 aromatic carbocycles. The molecule has 8 nitrogen and oxygen atoms in total.